The first-order valence-electron chi connectivity index (χ1n) is 3.59. The molecule has 0 amide bonds. The second-order valence-corrected chi connectivity index (χ2v) is 2.55. The highest BCUT2D eigenvalue weighted by Crippen LogP contribution is 2.13. The van der Waals surface area contributed by atoms with Crippen LogP contribution in [0, 0.1) is 18.4 Å². The number of imidazole rings is 1. The Bertz CT molecular complexity index is 505. The van der Waals surface area contributed by atoms with E-state index < -0.39 is 0 Å². The predicted molar refractivity (Wildman–Crippen MR) is 45.5 cm³/mol. The molecule has 0 aliphatic rings. The molecule has 0 bridgehead atoms. The lowest BCUT2D eigenvalue weighted by atomic mass is 10.4. The Morgan fingerprint density at radius 2 is 2.31 bits per heavy atom. The predicted octanol–water partition coefficient (Wildman–Crippen LogP) is 0.0461. The van der Waals surface area contributed by atoms with E-state index in [0.717, 1.165) is 0 Å². The van der Waals surface area contributed by atoms with Gasteiger partial charge < -0.3 is 5.73 Å². The van der Waals surface area contributed by atoms with E-state index in [-0.39, 0.29) is 5.95 Å². The van der Waals surface area contributed by atoms with E-state index in [1.807, 2.05) is 6.19 Å². The normalized spacial score (nSPS) is 10.2. The van der Waals surface area contributed by atoms with Crippen LogP contribution in [0.2, 0.25) is 0 Å². The van der Waals surface area contributed by atoms with Gasteiger partial charge in [0.15, 0.2) is 11.8 Å². The topological polar surface area (TPSA) is 93.4 Å². The van der Waals surface area contributed by atoms with Crippen molar-refractivity contribution in [2.45, 2.75) is 6.92 Å². The quantitative estimate of drug-likeness (QED) is 0.608. The maximum atomic E-state index is 8.68. The first-order chi connectivity index (χ1) is 6.22. The van der Waals surface area contributed by atoms with Crippen molar-refractivity contribution in [1.29, 1.82) is 5.26 Å². The van der Waals surface area contributed by atoms with Crippen molar-refractivity contribution in [3.8, 4) is 6.19 Å². The third kappa shape index (κ3) is 0.980. The van der Waals surface area contributed by atoms with Crippen molar-refractivity contribution >= 4 is 17.1 Å². The smallest absolute Gasteiger partial charge is 0.222 e. The molecule has 64 valence electrons. The minimum Gasteiger partial charge on any atom is -0.368 e. The van der Waals surface area contributed by atoms with Gasteiger partial charge in [-0.05, 0) is 6.92 Å². The highest BCUT2D eigenvalue weighted by Gasteiger charge is 2.07. The Hall–Kier alpha value is -2.16. The van der Waals surface area contributed by atoms with Crippen LogP contribution < -0.4 is 5.73 Å². The van der Waals surface area contributed by atoms with Crippen LogP contribution in [0.4, 0.5) is 5.95 Å². The Kier molecular flexibility index (Phi) is 1.39. The zero-order valence-corrected chi connectivity index (χ0v) is 6.89. The molecule has 0 saturated heterocycles. The number of anilines is 1. The van der Waals surface area contributed by atoms with Gasteiger partial charge in [0.05, 0.1) is 5.69 Å². The summed E-state index contributed by atoms with van der Waals surface area (Å²) in [6.45, 7) is 1.77. The summed E-state index contributed by atoms with van der Waals surface area (Å²) in [5, 5.41) is 8.68. The fraction of sp³-hybridized carbons (Fsp3) is 0.143. The number of aromatic nitrogens is 4. The van der Waals surface area contributed by atoms with E-state index in [4.69, 9.17) is 11.0 Å². The fourth-order valence-corrected chi connectivity index (χ4v) is 1.14. The van der Waals surface area contributed by atoms with Crippen LogP contribution >= 0.6 is 0 Å². The van der Waals surface area contributed by atoms with Gasteiger partial charge in [0.25, 0.3) is 0 Å². The number of nitrogen functional groups attached to an aromatic ring is 1. The summed E-state index contributed by atoms with van der Waals surface area (Å²) in [4.78, 5) is 11.8. The van der Waals surface area contributed by atoms with Gasteiger partial charge in [-0.3, -0.25) is 0 Å². The molecule has 0 radical (unpaired) electrons. The molecule has 0 atom stereocenters. The summed E-state index contributed by atoms with van der Waals surface area (Å²) >= 11 is 0. The largest absolute Gasteiger partial charge is 0.368 e. The number of hydrogen-bond donors (Lipinski definition) is 1. The molecule has 2 N–H and O–H groups in total. The molecule has 6 heteroatoms. The van der Waals surface area contributed by atoms with Crippen molar-refractivity contribution in [3.63, 3.8) is 0 Å². The zero-order valence-electron chi connectivity index (χ0n) is 6.89. The zero-order chi connectivity index (χ0) is 9.42. The number of nitrogens with two attached hydrogens (primary N) is 1. The second kappa shape index (κ2) is 2.42. The van der Waals surface area contributed by atoms with Gasteiger partial charge in [0.2, 0.25) is 5.95 Å². The monoisotopic (exact) mass is 174 g/mol. The van der Waals surface area contributed by atoms with Crippen molar-refractivity contribution < 1.29 is 0 Å². The van der Waals surface area contributed by atoms with Gasteiger partial charge in [-0.25, -0.2) is 14.5 Å². The number of nitriles is 1. The minimum atomic E-state index is 0.155. The average Bonchev–Trinajstić information content (AvgIpc) is 2.47. The Balaban J connectivity index is 2.92. The highest BCUT2D eigenvalue weighted by atomic mass is 15.1. The van der Waals surface area contributed by atoms with Gasteiger partial charge in [0.1, 0.15) is 11.8 Å². The van der Waals surface area contributed by atoms with Crippen LogP contribution in [0.3, 0.4) is 0 Å². The third-order valence-electron chi connectivity index (χ3n) is 1.70. The molecule has 2 aromatic rings. The summed E-state index contributed by atoms with van der Waals surface area (Å²) in [5.41, 5.74) is 7.17. The molecular weight excluding hydrogens is 168 g/mol. The first-order valence-corrected chi connectivity index (χ1v) is 3.59. The van der Waals surface area contributed by atoms with E-state index in [2.05, 4.69) is 15.0 Å². The van der Waals surface area contributed by atoms with Gasteiger partial charge in [-0.15, -0.1) is 0 Å². The number of aryl methyl sites for hydroxylation is 1. The average molecular weight is 174 g/mol. The number of rotatable bonds is 0. The second-order valence-electron chi connectivity index (χ2n) is 2.55. The van der Waals surface area contributed by atoms with Crippen LogP contribution in [-0.4, -0.2) is 19.5 Å². The van der Waals surface area contributed by atoms with Crippen molar-refractivity contribution in [2.24, 2.45) is 0 Å². The molecule has 6 nitrogen and oxygen atoms in total. The van der Waals surface area contributed by atoms with Gasteiger partial charge in [-0.1, -0.05) is 0 Å². The molecule has 0 saturated carbocycles. The standard InChI is InChI=1S/C7H6N6/c1-4-5-6(12-7(9)11-4)13(2-8)3-10-5/h3H,1H3,(H2,9,11,12). The molecule has 0 fully saturated rings. The van der Waals surface area contributed by atoms with Gasteiger partial charge in [0, 0.05) is 0 Å². The molecule has 0 unspecified atom stereocenters. The van der Waals surface area contributed by atoms with Gasteiger partial charge >= 0.3 is 0 Å². The molecule has 0 aliphatic carbocycles. The first kappa shape index (κ1) is 7.49. The lowest BCUT2D eigenvalue weighted by Crippen LogP contribution is -1.99. The highest BCUT2D eigenvalue weighted by molar-refractivity contribution is 5.75. The molecule has 2 aromatic heterocycles. The van der Waals surface area contributed by atoms with Crippen molar-refractivity contribution in [1.82, 2.24) is 19.5 Å². The summed E-state index contributed by atoms with van der Waals surface area (Å²) < 4.78 is 1.25. The lowest BCUT2D eigenvalue weighted by molar-refractivity contribution is 1.08. The molecule has 13 heavy (non-hydrogen) atoms. The fourth-order valence-electron chi connectivity index (χ4n) is 1.14. The molecule has 0 aliphatic heterocycles. The summed E-state index contributed by atoms with van der Waals surface area (Å²) in [6, 6.07) is 0. The van der Waals surface area contributed by atoms with Gasteiger partial charge in [-0.2, -0.15) is 10.2 Å². The maximum absolute atomic E-state index is 8.68. The van der Waals surface area contributed by atoms with Crippen LogP contribution in [0.5, 0.6) is 0 Å². The van der Waals surface area contributed by atoms with E-state index in [0.29, 0.717) is 16.9 Å². The Morgan fingerprint density at radius 3 is 3.00 bits per heavy atom. The van der Waals surface area contributed by atoms with E-state index in [1.165, 1.54) is 10.9 Å². The van der Waals surface area contributed by atoms with E-state index >= 15 is 0 Å². The lowest BCUT2D eigenvalue weighted by Gasteiger charge is -1.95. The number of nitrogens with zero attached hydrogens (tertiary/aromatic N) is 5. The van der Waals surface area contributed by atoms with Crippen LogP contribution in [0.25, 0.3) is 11.2 Å². The van der Waals surface area contributed by atoms with E-state index in [9.17, 15) is 0 Å². The van der Waals surface area contributed by atoms with Crippen LogP contribution in [0.15, 0.2) is 6.33 Å². The van der Waals surface area contributed by atoms with Crippen molar-refractivity contribution in [3.05, 3.63) is 12.0 Å². The molecular formula is C7H6N6. The maximum Gasteiger partial charge on any atom is 0.222 e. The number of hydrogen-bond acceptors (Lipinski definition) is 5. The summed E-state index contributed by atoms with van der Waals surface area (Å²) in [7, 11) is 0. The molecule has 2 rings (SSSR count). The molecule has 0 spiro atoms. The Labute approximate surface area is 73.7 Å². The summed E-state index contributed by atoms with van der Waals surface area (Å²) in [5.74, 6) is 0.155. The SMILES string of the molecule is Cc1nc(N)nc2c1ncn2C#N. The van der Waals surface area contributed by atoms with E-state index in [1.54, 1.807) is 6.92 Å². The van der Waals surface area contributed by atoms with Crippen LogP contribution in [-0.2, 0) is 0 Å². The molecule has 2 heterocycles. The number of fused-ring (bicyclic) bond motifs is 1. The van der Waals surface area contributed by atoms with Crippen LogP contribution in [0.1, 0.15) is 5.69 Å². The third-order valence-corrected chi connectivity index (χ3v) is 1.70. The minimum absolute atomic E-state index is 0.155. The summed E-state index contributed by atoms with van der Waals surface area (Å²) in [6.07, 6.45) is 3.31. The Morgan fingerprint density at radius 1 is 1.54 bits per heavy atom. The molecule has 0 aromatic carbocycles. The van der Waals surface area contributed by atoms with Crippen molar-refractivity contribution in [2.75, 3.05) is 5.73 Å².